The number of hydrogen-bond acceptors (Lipinski definition) is 4. The largest absolute Gasteiger partial charge is 0.464 e. The number of ether oxygens (including phenoxy) is 1. The summed E-state index contributed by atoms with van der Waals surface area (Å²) >= 11 is 11.0. The number of hydrogen-bond donors (Lipinski definition) is 0. The number of methoxy groups -OCH3 is 1. The Morgan fingerprint density at radius 3 is 2.61 bits per heavy atom. The summed E-state index contributed by atoms with van der Waals surface area (Å²) in [5.74, 6) is -0.461. The van der Waals surface area contributed by atoms with E-state index in [2.05, 4.69) is 20.9 Å². The molecule has 0 fully saturated rings. The number of halogens is 2. The third-order valence-electron chi connectivity index (χ3n) is 3.16. The van der Waals surface area contributed by atoms with Crippen LogP contribution in [-0.4, -0.2) is 18.1 Å². The minimum Gasteiger partial charge on any atom is -0.464 e. The van der Waals surface area contributed by atoms with E-state index in [1.807, 2.05) is 42.5 Å². The summed E-state index contributed by atoms with van der Waals surface area (Å²) in [7, 11) is 1.35. The van der Waals surface area contributed by atoms with E-state index in [4.69, 9.17) is 16.3 Å². The van der Waals surface area contributed by atoms with Crippen molar-refractivity contribution in [3.63, 3.8) is 0 Å². The molecule has 0 bridgehead atoms. The molecule has 0 spiro atoms. The van der Waals surface area contributed by atoms with Crippen molar-refractivity contribution in [3.05, 3.63) is 63.7 Å². The lowest BCUT2D eigenvalue weighted by atomic mass is 10.1. The van der Waals surface area contributed by atoms with Crippen molar-refractivity contribution in [3.8, 4) is 21.0 Å². The molecule has 3 rings (SSSR count). The molecule has 0 unspecified atom stereocenters. The number of carbonyl (C=O) groups is 1. The third-order valence-corrected chi connectivity index (χ3v) is 5.05. The molecule has 6 heteroatoms. The van der Waals surface area contributed by atoms with Gasteiger partial charge in [0.05, 0.1) is 12.0 Å². The molecule has 0 aliphatic heterocycles. The Balaban J connectivity index is 2.16. The lowest BCUT2D eigenvalue weighted by Gasteiger charge is -2.01. The summed E-state index contributed by atoms with van der Waals surface area (Å²) < 4.78 is 5.82. The van der Waals surface area contributed by atoms with Gasteiger partial charge >= 0.3 is 5.97 Å². The molecule has 23 heavy (non-hydrogen) atoms. The van der Waals surface area contributed by atoms with Gasteiger partial charge in [0.1, 0.15) is 5.01 Å². The summed E-state index contributed by atoms with van der Waals surface area (Å²) in [5, 5.41) is 1.36. The lowest BCUT2D eigenvalue weighted by Crippen LogP contribution is -2.03. The first kappa shape index (κ1) is 16.2. The second kappa shape index (κ2) is 6.83. The second-order valence-corrected chi connectivity index (χ2v) is 7.06. The van der Waals surface area contributed by atoms with Crippen LogP contribution in [0.25, 0.3) is 21.0 Å². The van der Waals surface area contributed by atoms with Crippen molar-refractivity contribution in [2.24, 2.45) is 0 Å². The van der Waals surface area contributed by atoms with E-state index in [9.17, 15) is 4.79 Å². The maximum absolute atomic E-state index is 12.1. The van der Waals surface area contributed by atoms with Crippen molar-refractivity contribution in [1.29, 1.82) is 0 Å². The first-order valence-corrected chi connectivity index (χ1v) is 8.68. The lowest BCUT2D eigenvalue weighted by molar-refractivity contribution is 0.0596. The average Bonchev–Trinajstić information content (AvgIpc) is 2.99. The van der Waals surface area contributed by atoms with Crippen LogP contribution < -0.4 is 0 Å². The molecule has 0 atom stereocenters. The standard InChI is InChI=1S/C17H11BrClNO2S/c1-22-17(21)14-15(10-4-3-7-13(19)9-10)23-16(20-14)11-5-2-6-12(18)8-11/h2-9H,1H3. The fraction of sp³-hybridized carbons (Fsp3) is 0.0588. The van der Waals surface area contributed by atoms with Gasteiger partial charge in [-0.05, 0) is 29.8 Å². The summed E-state index contributed by atoms with van der Waals surface area (Å²) in [6, 6.07) is 15.1. The predicted octanol–water partition coefficient (Wildman–Crippen LogP) is 5.68. The van der Waals surface area contributed by atoms with Crippen molar-refractivity contribution < 1.29 is 9.53 Å². The number of thiazole rings is 1. The molecule has 0 N–H and O–H groups in total. The van der Waals surface area contributed by atoms with Crippen molar-refractivity contribution in [2.75, 3.05) is 7.11 Å². The van der Waals surface area contributed by atoms with Crippen molar-refractivity contribution >= 4 is 44.8 Å². The topological polar surface area (TPSA) is 39.2 Å². The zero-order valence-electron chi connectivity index (χ0n) is 12.0. The minimum absolute atomic E-state index is 0.301. The van der Waals surface area contributed by atoms with Gasteiger partial charge in [-0.3, -0.25) is 0 Å². The number of carbonyl (C=O) groups excluding carboxylic acids is 1. The van der Waals surface area contributed by atoms with Crippen LogP contribution in [0.4, 0.5) is 0 Å². The monoisotopic (exact) mass is 407 g/mol. The highest BCUT2D eigenvalue weighted by Crippen LogP contribution is 2.37. The summed E-state index contributed by atoms with van der Waals surface area (Å²) in [4.78, 5) is 17.3. The van der Waals surface area contributed by atoms with Crippen LogP contribution in [0.1, 0.15) is 10.5 Å². The van der Waals surface area contributed by atoms with E-state index in [1.54, 1.807) is 6.07 Å². The quantitative estimate of drug-likeness (QED) is 0.523. The third kappa shape index (κ3) is 3.47. The molecule has 0 radical (unpaired) electrons. The maximum atomic E-state index is 12.1. The molecule has 0 saturated carbocycles. The van der Waals surface area contributed by atoms with Crippen LogP contribution in [-0.2, 0) is 4.74 Å². The van der Waals surface area contributed by atoms with E-state index in [1.165, 1.54) is 18.4 Å². The Labute approximate surface area is 151 Å². The van der Waals surface area contributed by atoms with E-state index in [0.717, 1.165) is 25.5 Å². The van der Waals surface area contributed by atoms with Gasteiger partial charge < -0.3 is 4.74 Å². The van der Waals surface area contributed by atoms with Gasteiger partial charge in [-0.25, -0.2) is 9.78 Å². The molecular weight excluding hydrogens is 398 g/mol. The first-order chi connectivity index (χ1) is 11.1. The number of aromatic nitrogens is 1. The van der Waals surface area contributed by atoms with E-state index >= 15 is 0 Å². The molecule has 0 saturated heterocycles. The minimum atomic E-state index is -0.461. The van der Waals surface area contributed by atoms with E-state index in [-0.39, 0.29) is 0 Å². The molecule has 0 aliphatic rings. The normalized spacial score (nSPS) is 10.6. The van der Waals surface area contributed by atoms with E-state index in [0.29, 0.717) is 10.7 Å². The van der Waals surface area contributed by atoms with Gasteiger partial charge in [-0.15, -0.1) is 11.3 Å². The van der Waals surface area contributed by atoms with Crippen LogP contribution >= 0.6 is 38.9 Å². The highest BCUT2D eigenvalue weighted by Gasteiger charge is 2.21. The molecule has 0 amide bonds. The molecule has 1 aromatic heterocycles. The van der Waals surface area contributed by atoms with Gasteiger partial charge in [-0.1, -0.05) is 51.8 Å². The molecule has 116 valence electrons. The van der Waals surface area contributed by atoms with Crippen LogP contribution in [0, 0.1) is 0 Å². The maximum Gasteiger partial charge on any atom is 0.358 e. The van der Waals surface area contributed by atoms with Crippen LogP contribution in [0.5, 0.6) is 0 Å². The highest BCUT2D eigenvalue weighted by atomic mass is 79.9. The molecule has 0 aliphatic carbocycles. The number of rotatable bonds is 3. The fourth-order valence-corrected chi connectivity index (χ4v) is 3.76. The van der Waals surface area contributed by atoms with Crippen LogP contribution in [0.15, 0.2) is 53.0 Å². The Bertz CT molecular complexity index is 879. The van der Waals surface area contributed by atoms with Gasteiger partial charge in [-0.2, -0.15) is 0 Å². The van der Waals surface area contributed by atoms with E-state index < -0.39 is 5.97 Å². The summed E-state index contributed by atoms with van der Waals surface area (Å²) in [5.41, 5.74) is 2.08. The zero-order valence-corrected chi connectivity index (χ0v) is 15.2. The first-order valence-electron chi connectivity index (χ1n) is 6.69. The van der Waals surface area contributed by atoms with Crippen LogP contribution in [0.2, 0.25) is 5.02 Å². The van der Waals surface area contributed by atoms with Gasteiger partial charge in [0.25, 0.3) is 0 Å². The Hall–Kier alpha value is -1.69. The second-order valence-electron chi connectivity index (χ2n) is 4.71. The Morgan fingerprint density at radius 1 is 1.17 bits per heavy atom. The predicted molar refractivity (Wildman–Crippen MR) is 97.0 cm³/mol. The molecule has 3 nitrogen and oxygen atoms in total. The summed E-state index contributed by atoms with van der Waals surface area (Å²) in [6.45, 7) is 0. The zero-order chi connectivity index (χ0) is 16.4. The highest BCUT2D eigenvalue weighted by molar-refractivity contribution is 9.10. The fourth-order valence-electron chi connectivity index (χ4n) is 2.13. The Kier molecular flexibility index (Phi) is 4.80. The van der Waals surface area contributed by atoms with Gasteiger partial charge in [0.2, 0.25) is 0 Å². The van der Waals surface area contributed by atoms with Gasteiger partial charge in [0.15, 0.2) is 5.69 Å². The molecule has 3 aromatic rings. The van der Waals surface area contributed by atoms with Crippen molar-refractivity contribution in [1.82, 2.24) is 4.98 Å². The smallest absolute Gasteiger partial charge is 0.358 e. The number of benzene rings is 2. The molecular formula is C17H11BrClNO2S. The number of nitrogens with zero attached hydrogens (tertiary/aromatic N) is 1. The van der Waals surface area contributed by atoms with Crippen LogP contribution in [0.3, 0.4) is 0 Å². The molecule has 1 heterocycles. The van der Waals surface area contributed by atoms with Crippen molar-refractivity contribution in [2.45, 2.75) is 0 Å². The van der Waals surface area contributed by atoms with Gasteiger partial charge in [0, 0.05) is 15.1 Å². The number of esters is 1. The average molecular weight is 409 g/mol. The molecule has 2 aromatic carbocycles. The summed E-state index contributed by atoms with van der Waals surface area (Å²) in [6.07, 6.45) is 0. The SMILES string of the molecule is COC(=O)c1nc(-c2cccc(Br)c2)sc1-c1cccc(Cl)c1. The Morgan fingerprint density at radius 2 is 1.91 bits per heavy atom.